The number of Topliss-reactive ketones (excluding diaryl/α,β-unsaturated/α-hetero) is 1. The van der Waals surface area contributed by atoms with Gasteiger partial charge >= 0.3 is 0 Å². The van der Waals surface area contributed by atoms with Gasteiger partial charge in [-0.05, 0) is 50.0 Å². The van der Waals surface area contributed by atoms with Crippen molar-refractivity contribution < 1.29 is 9.90 Å². The molecule has 2 aliphatic carbocycles. The molecule has 2 rings (SSSR count). The minimum atomic E-state index is -0.824. The zero-order valence-electron chi connectivity index (χ0n) is 11.2. The Morgan fingerprint density at radius 2 is 2.00 bits per heavy atom. The summed E-state index contributed by atoms with van der Waals surface area (Å²) in [6, 6.07) is 0. The average Bonchev–Trinajstić information content (AvgIpc) is 2.46. The first-order valence-electron chi connectivity index (χ1n) is 6.46. The molecule has 0 saturated carbocycles. The maximum absolute atomic E-state index is 12.0. The molecule has 2 nitrogen and oxygen atoms in total. The first-order valence-corrected chi connectivity index (χ1v) is 6.46. The van der Waals surface area contributed by atoms with E-state index in [-0.39, 0.29) is 17.1 Å². The number of carbonyl (C=O) groups is 1. The van der Waals surface area contributed by atoms with Crippen molar-refractivity contribution in [3.63, 3.8) is 0 Å². The number of carbonyl (C=O) groups excluding carboxylic acids is 1. The van der Waals surface area contributed by atoms with E-state index in [1.54, 1.807) is 0 Å². The van der Waals surface area contributed by atoms with Gasteiger partial charge in [0.15, 0.2) is 5.78 Å². The van der Waals surface area contributed by atoms with Crippen molar-refractivity contribution in [3.8, 4) is 0 Å². The second-order valence-corrected chi connectivity index (χ2v) is 5.87. The largest absolute Gasteiger partial charge is 0.385 e. The Bertz CT molecular complexity index is 417. The molecule has 17 heavy (non-hydrogen) atoms. The molecular formula is C15H22O2. The number of fused-ring (bicyclic) bond motifs is 1. The number of rotatable bonds is 0. The molecule has 0 fully saturated rings. The summed E-state index contributed by atoms with van der Waals surface area (Å²) in [7, 11) is 0. The van der Waals surface area contributed by atoms with E-state index in [1.807, 2.05) is 13.8 Å². The van der Waals surface area contributed by atoms with E-state index in [1.165, 1.54) is 11.1 Å². The molecule has 0 aromatic heterocycles. The van der Waals surface area contributed by atoms with Crippen LogP contribution in [0.3, 0.4) is 0 Å². The highest BCUT2D eigenvalue weighted by molar-refractivity contribution is 6.00. The summed E-state index contributed by atoms with van der Waals surface area (Å²) in [5.74, 6) is -0.0552. The molecule has 0 saturated heterocycles. The zero-order chi connectivity index (χ0) is 12.8. The van der Waals surface area contributed by atoms with Crippen LogP contribution in [0, 0.1) is 11.3 Å². The summed E-state index contributed by atoms with van der Waals surface area (Å²) in [6.07, 6.45) is 4.40. The Balaban J connectivity index is 2.53. The van der Waals surface area contributed by atoms with E-state index >= 15 is 0 Å². The molecule has 0 aromatic carbocycles. The molecule has 3 atom stereocenters. The fourth-order valence-corrected chi connectivity index (χ4v) is 3.24. The molecule has 0 radical (unpaired) electrons. The van der Waals surface area contributed by atoms with Crippen LogP contribution in [0.5, 0.6) is 0 Å². The number of aliphatic hydroxyl groups is 1. The highest BCUT2D eigenvalue weighted by Gasteiger charge is 2.46. The van der Waals surface area contributed by atoms with Crippen molar-refractivity contribution in [2.45, 2.75) is 53.1 Å². The summed E-state index contributed by atoms with van der Waals surface area (Å²) in [6.45, 7) is 8.23. The molecule has 2 aliphatic rings. The molecule has 94 valence electrons. The van der Waals surface area contributed by atoms with Crippen molar-refractivity contribution in [1.29, 1.82) is 0 Å². The van der Waals surface area contributed by atoms with Crippen molar-refractivity contribution in [3.05, 3.63) is 22.8 Å². The molecular weight excluding hydrogens is 212 g/mol. The summed E-state index contributed by atoms with van der Waals surface area (Å²) >= 11 is 0. The van der Waals surface area contributed by atoms with Gasteiger partial charge in [-0.2, -0.15) is 0 Å². The average molecular weight is 234 g/mol. The Morgan fingerprint density at radius 3 is 2.65 bits per heavy atom. The highest BCUT2D eigenvalue weighted by Crippen LogP contribution is 2.50. The van der Waals surface area contributed by atoms with Gasteiger partial charge in [0.05, 0.1) is 0 Å². The number of hydrogen-bond acceptors (Lipinski definition) is 2. The van der Waals surface area contributed by atoms with E-state index in [0.29, 0.717) is 0 Å². The predicted molar refractivity (Wildman–Crippen MR) is 68.6 cm³/mol. The monoisotopic (exact) mass is 234 g/mol. The molecule has 0 aromatic rings. The van der Waals surface area contributed by atoms with Gasteiger partial charge in [0.25, 0.3) is 0 Å². The second-order valence-electron chi connectivity index (χ2n) is 5.87. The smallest absolute Gasteiger partial charge is 0.187 e. The Kier molecular flexibility index (Phi) is 3.03. The normalized spacial score (nSPS) is 38.6. The lowest BCUT2D eigenvalue weighted by Gasteiger charge is -2.43. The van der Waals surface area contributed by atoms with E-state index in [0.717, 1.165) is 24.8 Å². The van der Waals surface area contributed by atoms with Gasteiger partial charge < -0.3 is 5.11 Å². The van der Waals surface area contributed by atoms with E-state index in [9.17, 15) is 9.90 Å². The maximum atomic E-state index is 12.0. The van der Waals surface area contributed by atoms with Crippen molar-refractivity contribution in [2.24, 2.45) is 11.3 Å². The summed E-state index contributed by atoms with van der Waals surface area (Å²) < 4.78 is 0. The maximum Gasteiger partial charge on any atom is 0.187 e. The van der Waals surface area contributed by atoms with Crippen LogP contribution < -0.4 is 0 Å². The minimum absolute atomic E-state index is 0.0100. The fourth-order valence-electron chi connectivity index (χ4n) is 3.24. The third-order valence-electron chi connectivity index (χ3n) is 4.90. The second kappa shape index (κ2) is 4.09. The summed E-state index contributed by atoms with van der Waals surface area (Å²) in [4.78, 5) is 12.0. The van der Waals surface area contributed by atoms with Gasteiger partial charge in [0, 0.05) is 0 Å². The van der Waals surface area contributed by atoms with Crippen molar-refractivity contribution in [2.75, 3.05) is 0 Å². The number of aliphatic hydroxyl groups excluding tert-OH is 1. The van der Waals surface area contributed by atoms with E-state index in [4.69, 9.17) is 0 Å². The van der Waals surface area contributed by atoms with Crippen molar-refractivity contribution >= 4 is 5.78 Å². The minimum Gasteiger partial charge on any atom is -0.385 e. The Labute approximate surface area is 103 Å². The van der Waals surface area contributed by atoms with Crippen LogP contribution in [0.4, 0.5) is 0 Å². The standard InChI is InChI=1S/C15H22O2/c1-9-5-6-12-10(2)13(16)14(17)11(3)15(12,4)8-7-9/h7,11,14,17H,5-6,8H2,1-4H3/t11-,14+,15+/m1/s1. The number of allylic oxidation sites excluding steroid dienone is 3. The van der Waals surface area contributed by atoms with Crippen LogP contribution in [0.1, 0.15) is 47.0 Å². The molecule has 2 heteroatoms. The summed E-state index contributed by atoms with van der Waals surface area (Å²) in [5, 5.41) is 10.1. The van der Waals surface area contributed by atoms with Crippen LogP contribution in [0.2, 0.25) is 0 Å². The van der Waals surface area contributed by atoms with Crippen LogP contribution >= 0.6 is 0 Å². The van der Waals surface area contributed by atoms with Crippen LogP contribution in [0.25, 0.3) is 0 Å². The van der Waals surface area contributed by atoms with Gasteiger partial charge in [-0.25, -0.2) is 0 Å². The molecule has 0 heterocycles. The van der Waals surface area contributed by atoms with Crippen LogP contribution in [-0.2, 0) is 4.79 Å². The fraction of sp³-hybridized carbons (Fsp3) is 0.667. The SMILES string of the molecule is CC1=CC[C@]2(C)C(=C(C)C(=O)[C@@H](O)[C@H]2C)CC1. The first-order chi connectivity index (χ1) is 7.88. The van der Waals surface area contributed by atoms with E-state index in [2.05, 4.69) is 19.9 Å². The van der Waals surface area contributed by atoms with Gasteiger partial charge in [0.1, 0.15) is 6.10 Å². The van der Waals surface area contributed by atoms with Gasteiger partial charge in [0.2, 0.25) is 0 Å². The van der Waals surface area contributed by atoms with Crippen LogP contribution in [0.15, 0.2) is 22.8 Å². The predicted octanol–water partition coefficient (Wildman–Crippen LogP) is 3.02. The van der Waals surface area contributed by atoms with Gasteiger partial charge in [-0.15, -0.1) is 0 Å². The lowest BCUT2D eigenvalue weighted by molar-refractivity contribution is -0.129. The quantitative estimate of drug-likeness (QED) is 0.654. The Morgan fingerprint density at radius 1 is 1.35 bits per heavy atom. The lowest BCUT2D eigenvalue weighted by atomic mass is 9.61. The summed E-state index contributed by atoms with van der Waals surface area (Å²) in [5.41, 5.74) is 3.43. The highest BCUT2D eigenvalue weighted by atomic mass is 16.3. The Hall–Kier alpha value is -0.890. The number of ketones is 1. The van der Waals surface area contributed by atoms with E-state index < -0.39 is 6.10 Å². The molecule has 0 amide bonds. The molecule has 0 aliphatic heterocycles. The molecule has 0 bridgehead atoms. The zero-order valence-corrected chi connectivity index (χ0v) is 11.2. The lowest BCUT2D eigenvalue weighted by Crippen LogP contribution is -2.45. The number of hydrogen-bond donors (Lipinski definition) is 1. The molecule has 0 spiro atoms. The third kappa shape index (κ3) is 1.79. The van der Waals surface area contributed by atoms with Crippen LogP contribution in [-0.4, -0.2) is 17.0 Å². The molecule has 0 unspecified atom stereocenters. The van der Waals surface area contributed by atoms with Crippen molar-refractivity contribution in [1.82, 2.24) is 0 Å². The first kappa shape index (κ1) is 12.6. The van der Waals surface area contributed by atoms with Gasteiger partial charge in [-0.1, -0.05) is 31.1 Å². The topological polar surface area (TPSA) is 37.3 Å². The van der Waals surface area contributed by atoms with Gasteiger partial charge in [-0.3, -0.25) is 4.79 Å². The third-order valence-corrected chi connectivity index (χ3v) is 4.90. The molecule has 1 N–H and O–H groups in total.